The van der Waals surface area contributed by atoms with E-state index in [-0.39, 0.29) is 0 Å². The van der Waals surface area contributed by atoms with Gasteiger partial charge in [0.25, 0.3) is 0 Å². The van der Waals surface area contributed by atoms with E-state index in [4.69, 9.17) is 4.74 Å². The highest BCUT2D eigenvalue weighted by Crippen LogP contribution is 2.20. The number of nitrogens with one attached hydrogen (secondary N) is 1. The van der Waals surface area contributed by atoms with Crippen molar-refractivity contribution in [1.29, 1.82) is 0 Å². The zero-order valence-electron chi connectivity index (χ0n) is 12.5. The standard InChI is InChI=1S/C16H23N3O/c1-4-16(17-3)13-6-8-15(9-7-13)20-11-14-10-18-12-19(14)5-2/h6-10,12,16-17H,4-5,11H2,1-3H3. The smallest absolute Gasteiger partial charge is 0.130 e. The average Bonchev–Trinajstić information content (AvgIpc) is 2.95. The SMILES string of the molecule is CCC(NC)c1ccc(OCc2cncn2CC)cc1. The minimum atomic E-state index is 0.408. The lowest BCUT2D eigenvalue weighted by Crippen LogP contribution is -2.14. The summed E-state index contributed by atoms with van der Waals surface area (Å²) < 4.78 is 7.90. The summed E-state index contributed by atoms with van der Waals surface area (Å²) in [7, 11) is 1.99. The van der Waals surface area contributed by atoms with Crippen LogP contribution in [0.4, 0.5) is 0 Å². The van der Waals surface area contributed by atoms with Gasteiger partial charge in [0.2, 0.25) is 0 Å². The van der Waals surface area contributed by atoms with Crippen molar-refractivity contribution in [3.63, 3.8) is 0 Å². The third-order valence-electron chi connectivity index (χ3n) is 3.57. The molecule has 0 amide bonds. The van der Waals surface area contributed by atoms with Crippen molar-refractivity contribution in [3.8, 4) is 5.75 Å². The van der Waals surface area contributed by atoms with E-state index >= 15 is 0 Å². The van der Waals surface area contributed by atoms with Gasteiger partial charge < -0.3 is 14.6 Å². The summed E-state index contributed by atoms with van der Waals surface area (Å²) in [5.74, 6) is 0.892. The Bertz CT molecular complexity index is 515. The molecular formula is C16H23N3O. The van der Waals surface area contributed by atoms with Crippen LogP contribution in [0.5, 0.6) is 5.75 Å². The number of ether oxygens (including phenoxy) is 1. The Morgan fingerprint density at radius 3 is 2.60 bits per heavy atom. The Balaban J connectivity index is 1.97. The summed E-state index contributed by atoms with van der Waals surface area (Å²) in [6.07, 6.45) is 4.76. The maximum Gasteiger partial charge on any atom is 0.130 e. The zero-order chi connectivity index (χ0) is 14.4. The molecule has 4 nitrogen and oxygen atoms in total. The first kappa shape index (κ1) is 14.6. The second-order valence-corrected chi connectivity index (χ2v) is 4.78. The molecule has 108 valence electrons. The van der Waals surface area contributed by atoms with E-state index in [1.807, 2.05) is 31.7 Å². The molecule has 0 spiro atoms. The van der Waals surface area contributed by atoms with E-state index in [0.29, 0.717) is 12.6 Å². The second-order valence-electron chi connectivity index (χ2n) is 4.78. The maximum atomic E-state index is 5.81. The lowest BCUT2D eigenvalue weighted by molar-refractivity contribution is 0.295. The fraction of sp³-hybridized carbons (Fsp3) is 0.438. The van der Waals surface area contributed by atoms with Gasteiger partial charge in [0.15, 0.2) is 0 Å². The quantitative estimate of drug-likeness (QED) is 0.842. The normalized spacial score (nSPS) is 12.3. The Kier molecular flexibility index (Phi) is 5.18. The van der Waals surface area contributed by atoms with Gasteiger partial charge in [0.05, 0.1) is 18.2 Å². The van der Waals surface area contributed by atoms with E-state index in [1.54, 1.807) is 0 Å². The number of imidazole rings is 1. The molecular weight excluding hydrogens is 250 g/mol. The number of aromatic nitrogens is 2. The molecule has 2 rings (SSSR count). The van der Waals surface area contributed by atoms with Gasteiger partial charge in [-0.1, -0.05) is 19.1 Å². The van der Waals surface area contributed by atoms with Crippen LogP contribution in [-0.4, -0.2) is 16.6 Å². The zero-order valence-corrected chi connectivity index (χ0v) is 12.5. The molecule has 1 unspecified atom stereocenters. The van der Waals surface area contributed by atoms with E-state index in [2.05, 4.69) is 40.8 Å². The van der Waals surface area contributed by atoms with Crippen molar-refractivity contribution < 1.29 is 4.74 Å². The van der Waals surface area contributed by atoms with Crippen LogP contribution in [0, 0.1) is 0 Å². The van der Waals surface area contributed by atoms with Crippen LogP contribution in [-0.2, 0) is 13.2 Å². The molecule has 0 aliphatic carbocycles. The first-order valence-corrected chi connectivity index (χ1v) is 7.17. The largest absolute Gasteiger partial charge is 0.487 e. The topological polar surface area (TPSA) is 39.1 Å². The van der Waals surface area contributed by atoms with Crippen LogP contribution in [0.15, 0.2) is 36.8 Å². The van der Waals surface area contributed by atoms with Crippen LogP contribution in [0.25, 0.3) is 0 Å². The summed E-state index contributed by atoms with van der Waals surface area (Å²) >= 11 is 0. The number of nitrogens with zero attached hydrogens (tertiary/aromatic N) is 2. The van der Waals surface area contributed by atoms with Crippen LogP contribution < -0.4 is 10.1 Å². The highest BCUT2D eigenvalue weighted by atomic mass is 16.5. The van der Waals surface area contributed by atoms with Gasteiger partial charge >= 0.3 is 0 Å². The van der Waals surface area contributed by atoms with Gasteiger partial charge in [0.1, 0.15) is 12.4 Å². The van der Waals surface area contributed by atoms with Gasteiger partial charge in [-0.3, -0.25) is 0 Å². The molecule has 0 bridgehead atoms. The Morgan fingerprint density at radius 2 is 2.00 bits per heavy atom. The van der Waals surface area contributed by atoms with Crippen molar-refractivity contribution >= 4 is 0 Å². The molecule has 20 heavy (non-hydrogen) atoms. The molecule has 0 aliphatic heterocycles. The summed E-state index contributed by atoms with van der Waals surface area (Å²) in [4.78, 5) is 4.14. The highest BCUT2D eigenvalue weighted by molar-refractivity contribution is 5.29. The van der Waals surface area contributed by atoms with Gasteiger partial charge in [-0.05, 0) is 38.1 Å². The predicted octanol–water partition coefficient (Wildman–Crippen LogP) is 3.15. The molecule has 0 saturated carbocycles. The Morgan fingerprint density at radius 1 is 1.25 bits per heavy atom. The van der Waals surface area contributed by atoms with Crippen LogP contribution in [0.3, 0.4) is 0 Å². The van der Waals surface area contributed by atoms with Crippen LogP contribution in [0.2, 0.25) is 0 Å². The number of hydrogen-bond acceptors (Lipinski definition) is 3. The van der Waals surface area contributed by atoms with E-state index in [9.17, 15) is 0 Å². The molecule has 1 heterocycles. The Hall–Kier alpha value is -1.81. The highest BCUT2D eigenvalue weighted by Gasteiger charge is 2.06. The third kappa shape index (κ3) is 3.39. The minimum Gasteiger partial charge on any atom is -0.487 e. The molecule has 0 radical (unpaired) electrons. The fourth-order valence-electron chi connectivity index (χ4n) is 2.31. The van der Waals surface area contributed by atoms with Crippen molar-refractivity contribution in [1.82, 2.24) is 14.9 Å². The van der Waals surface area contributed by atoms with Crippen LogP contribution in [0.1, 0.15) is 37.6 Å². The molecule has 1 atom stereocenters. The molecule has 0 fully saturated rings. The number of hydrogen-bond donors (Lipinski definition) is 1. The van der Waals surface area contributed by atoms with Crippen molar-refractivity contribution in [2.75, 3.05) is 7.05 Å². The second kappa shape index (κ2) is 7.10. The molecule has 4 heteroatoms. The van der Waals surface area contributed by atoms with Crippen LogP contribution >= 0.6 is 0 Å². The first-order valence-electron chi connectivity index (χ1n) is 7.17. The molecule has 2 aromatic rings. The lowest BCUT2D eigenvalue weighted by Gasteiger charge is -2.15. The number of benzene rings is 1. The van der Waals surface area contributed by atoms with E-state index in [1.165, 1.54) is 5.56 Å². The molecule has 1 aromatic carbocycles. The monoisotopic (exact) mass is 273 g/mol. The maximum absolute atomic E-state index is 5.81. The summed E-state index contributed by atoms with van der Waals surface area (Å²) in [6, 6.07) is 8.71. The average molecular weight is 273 g/mol. The molecule has 0 aliphatic rings. The minimum absolute atomic E-state index is 0.408. The van der Waals surface area contributed by atoms with Crippen molar-refractivity contribution in [2.45, 2.75) is 39.5 Å². The van der Waals surface area contributed by atoms with E-state index < -0.39 is 0 Å². The summed E-state index contributed by atoms with van der Waals surface area (Å²) in [5.41, 5.74) is 2.39. The lowest BCUT2D eigenvalue weighted by atomic mass is 10.1. The molecule has 1 aromatic heterocycles. The molecule has 0 saturated heterocycles. The van der Waals surface area contributed by atoms with Gasteiger partial charge in [-0.2, -0.15) is 0 Å². The summed E-state index contributed by atoms with van der Waals surface area (Å²) in [6.45, 7) is 5.74. The first-order chi connectivity index (χ1) is 9.78. The number of rotatable bonds is 7. The summed E-state index contributed by atoms with van der Waals surface area (Å²) in [5, 5.41) is 3.30. The number of aryl methyl sites for hydroxylation is 1. The van der Waals surface area contributed by atoms with Gasteiger partial charge in [0, 0.05) is 12.6 Å². The predicted molar refractivity (Wildman–Crippen MR) is 80.8 cm³/mol. The third-order valence-corrected chi connectivity index (χ3v) is 3.57. The fourth-order valence-corrected chi connectivity index (χ4v) is 2.31. The van der Waals surface area contributed by atoms with E-state index in [0.717, 1.165) is 24.4 Å². The van der Waals surface area contributed by atoms with Gasteiger partial charge in [-0.15, -0.1) is 0 Å². The van der Waals surface area contributed by atoms with Gasteiger partial charge in [-0.25, -0.2) is 4.98 Å². The Labute approximate surface area is 120 Å². The van der Waals surface area contributed by atoms with Crippen molar-refractivity contribution in [2.24, 2.45) is 0 Å². The van der Waals surface area contributed by atoms with Crippen molar-refractivity contribution in [3.05, 3.63) is 48.0 Å². The molecule has 1 N–H and O–H groups in total.